The molecule has 0 aliphatic rings. The number of hydrogen-bond donors (Lipinski definition) is 1. The molecule has 0 atom stereocenters. The highest BCUT2D eigenvalue weighted by Gasteiger charge is 2.19. The normalized spacial score (nSPS) is 10.6. The molecule has 0 unspecified atom stereocenters. The third kappa shape index (κ3) is 3.29. The fourth-order valence-corrected chi connectivity index (χ4v) is 3.86. The van der Waals surface area contributed by atoms with Crippen molar-refractivity contribution in [2.45, 2.75) is 0 Å². The molecule has 26 heavy (non-hydrogen) atoms. The molecule has 1 N–H and O–H groups in total. The summed E-state index contributed by atoms with van der Waals surface area (Å²) >= 11 is 7.39. The summed E-state index contributed by atoms with van der Waals surface area (Å²) in [6.45, 7) is 0. The van der Waals surface area contributed by atoms with Gasteiger partial charge in [0.1, 0.15) is 4.88 Å². The van der Waals surface area contributed by atoms with E-state index in [1.165, 1.54) is 26.4 Å². The summed E-state index contributed by atoms with van der Waals surface area (Å²) in [6.07, 6.45) is 0. The fourth-order valence-electron chi connectivity index (χ4n) is 2.42. The Bertz CT molecular complexity index is 1020. The first-order valence-corrected chi connectivity index (χ1v) is 8.54. The van der Waals surface area contributed by atoms with E-state index in [0.29, 0.717) is 27.3 Å². The summed E-state index contributed by atoms with van der Waals surface area (Å²) in [5.41, 5.74) is 0.453. The molecule has 3 aromatic rings. The largest absolute Gasteiger partial charge is 0.493 e. The fraction of sp³-hybridized carbons (Fsp3) is 0.118. The highest BCUT2D eigenvalue weighted by atomic mass is 35.5. The van der Waals surface area contributed by atoms with Gasteiger partial charge in [-0.3, -0.25) is 14.9 Å². The van der Waals surface area contributed by atoms with Gasteiger partial charge in [0, 0.05) is 34.0 Å². The zero-order chi connectivity index (χ0) is 18.8. The van der Waals surface area contributed by atoms with Crippen molar-refractivity contribution in [3.63, 3.8) is 0 Å². The highest BCUT2D eigenvalue weighted by Crippen LogP contribution is 2.38. The molecule has 0 fully saturated rings. The van der Waals surface area contributed by atoms with E-state index in [2.05, 4.69) is 5.32 Å². The first kappa shape index (κ1) is 18.0. The zero-order valence-corrected chi connectivity index (χ0v) is 15.3. The van der Waals surface area contributed by atoms with Gasteiger partial charge in [0.25, 0.3) is 11.6 Å². The van der Waals surface area contributed by atoms with Crippen LogP contribution in [0.4, 0.5) is 11.4 Å². The Hall–Kier alpha value is -2.84. The van der Waals surface area contributed by atoms with E-state index in [1.807, 2.05) is 0 Å². The SMILES string of the molecule is COc1ccc(NC(=O)c2sc3cc([N+](=O)[O-])ccc3c2Cl)cc1OC. The number of benzene rings is 2. The number of thiophene rings is 1. The molecule has 1 aromatic heterocycles. The van der Waals surface area contributed by atoms with Crippen LogP contribution in [0.3, 0.4) is 0 Å². The second-order valence-corrected chi connectivity index (χ2v) is 6.64. The Morgan fingerprint density at radius 1 is 1.15 bits per heavy atom. The van der Waals surface area contributed by atoms with Gasteiger partial charge in [-0.25, -0.2) is 0 Å². The molecule has 3 rings (SSSR count). The van der Waals surface area contributed by atoms with Crippen LogP contribution in [0.5, 0.6) is 11.5 Å². The van der Waals surface area contributed by atoms with Crippen LogP contribution in [0.15, 0.2) is 36.4 Å². The summed E-state index contributed by atoms with van der Waals surface area (Å²) < 4.78 is 10.9. The van der Waals surface area contributed by atoms with Gasteiger partial charge in [0.15, 0.2) is 11.5 Å². The van der Waals surface area contributed by atoms with Crippen molar-refractivity contribution in [3.8, 4) is 11.5 Å². The predicted octanol–water partition coefficient (Wildman–Crippen LogP) is 4.73. The second kappa shape index (κ2) is 7.19. The molecule has 7 nitrogen and oxygen atoms in total. The maximum Gasteiger partial charge on any atom is 0.270 e. The van der Waals surface area contributed by atoms with Crippen LogP contribution in [0.1, 0.15) is 9.67 Å². The number of nitro benzene ring substituents is 1. The van der Waals surface area contributed by atoms with Crippen LogP contribution in [-0.2, 0) is 0 Å². The van der Waals surface area contributed by atoms with E-state index in [1.54, 1.807) is 24.3 Å². The smallest absolute Gasteiger partial charge is 0.270 e. The molecular formula is C17H13ClN2O5S. The first-order valence-electron chi connectivity index (χ1n) is 7.34. The average Bonchev–Trinajstić information content (AvgIpc) is 2.97. The molecule has 2 aromatic carbocycles. The van der Waals surface area contributed by atoms with Gasteiger partial charge in [-0.1, -0.05) is 11.6 Å². The topological polar surface area (TPSA) is 90.7 Å². The lowest BCUT2D eigenvalue weighted by molar-refractivity contribution is -0.384. The molecular weight excluding hydrogens is 380 g/mol. The minimum atomic E-state index is -0.490. The van der Waals surface area contributed by atoms with Crippen LogP contribution in [0.25, 0.3) is 10.1 Å². The van der Waals surface area contributed by atoms with Crippen LogP contribution in [0.2, 0.25) is 5.02 Å². The summed E-state index contributed by atoms with van der Waals surface area (Å²) in [4.78, 5) is 23.3. The summed E-state index contributed by atoms with van der Waals surface area (Å²) in [7, 11) is 3.02. The number of nitro groups is 1. The van der Waals surface area contributed by atoms with E-state index in [9.17, 15) is 14.9 Å². The summed E-state index contributed by atoms with van der Waals surface area (Å²) in [6, 6.07) is 9.27. The lowest BCUT2D eigenvalue weighted by Gasteiger charge is -2.10. The zero-order valence-electron chi connectivity index (χ0n) is 13.7. The molecule has 0 aliphatic heterocycles. The van der Waals surface area contributed by atoms with E-state index < -0.39 is 10.8 Å². The Kier molecular flexibility index (Phi) is 4.97. The monoisotopic (exact) mass is 392 g/mol. The van der Waals surface area contributed by atoms with E-state index in [0.717, 1.165) is 11.3 Å². The Morgan fingerprint density at radius 3 is 2.54 bits per heavy atom. The van der Waals surface area contributed by atoms with Gasteiger partial charge in [0.2, 0.25) is 0 Å². The number of carbonyl (C=O) groups excluding carboxylic acids is 1. The van der Waals surface area contributed by atoms with Crippen molar-refractivity contribution in [3.05, 3.63) is 56.4 Å². The maximum absolute atomic E-state index is 12.6. The minimum absolute atomic E-state index is 0.0535. The quantitative estimate of drug-likeness (QED) is 0.500. The van der Waals surface area contributed by atoms with Crippen LogP contribution in [0, 0.1) is 10.1 Å². The van der Waals surface area contributed by atoms with Crippen molar-refractivity contribution in [1.82, 2.24) is 0 Å². The van der Waals surface area contributed by atoms with Crippen molar-refractivity contribution >= 4 is 50.3 Å². The number of hydrogen-bond acceptors (Lipinski definition) is 6. The molecule has 1 heterocycles. The van der Waals surface area contributed by atoms with Gasteiger partial charge in [-0.2, -0.15) is 0 Å². The molecule has 0 spiro atoms. The highest BCUT2D eigenvalue weighted by molar-refractivity contribution is 7.21. The number of nitrogens with one attached hydrogen (secondary N) is 1. The van der Waals surface area contributed by atoms with Crippen LogP contribution >= 0.6 is 22.9 Å². The number of methoxy groups -OCH3 is 2. The van der Waals surface area contributed by atoms with Gasteiger partial charge in [0.05, 0.1) is 24.2 Å². The molecule has 1 amide bonds. The summed E-state index contributed by atoms with van der Waals surface area (Å²) in [5, 5.41) is 14.5. The number of ether oxygens (including phenoxy) is 2. The lowest BCUT2D eigenvalue weighted by atomic mass is 10.2. The molecule has 0 saturated heterocycles. The van der Waals surface area contributed by atoms with Crippen LogP contribution in [-0.4, -0.2) is 25.1 Å². The van der Waals surface area contributed by atoms with E-state index >= 15 is 0 Å². The Balaban J connectivity index is 1.92. The van der Waals surface area contributed by atoms with E-state index in [-0.39, 0.29) is 15.6 Å². The third-order valence-electron chi connectivity index (χ3n) is 3.67. The number of amides is 1. The number of non-ortho nitro benzene ring substituents is 1. The molecule has 0 radical (unpaired) electrons. The van der Waals surface area contributed by atoms with Gasteiger partial charge in [-0.05, 0) is 18.2 Å². The lowest BCUT2D eigenvalue weighted by Crippen LogP contribution is -2.10. The second-order valence-electron chi connectivity index (χ2n) is 5.21. The van der Waals surface area contributed by atoms with Gasteiger partial charge < -0.3 is 14.8 Å². The van der Waals surface area contributed by atoms with Gasteiger partial charge >= 0.3 is 0 Å². The first-order chi connectivity index (χ1) is 12.4. The van der Waals surface area contributed by atoms with Gasteiger partial charge in [-0.15, -0.1) is 11.3 Å². The third-order valence-corrected chi connectivity index (χ3v) is 5.33. The molecule has 0 saturated carbocycles. The standard InChI is InChI=1S/C17H13ClN2O5S/c1-24-12-6-3-9(7-13(12)25-2)19-17(21)16-15(18)11-5-4-10(20(22)23)8-14(11)26-16/h3-8H,1-2H3,(H,19,21). The van der Waals surface area contributed by atoms with Crippen molar-refractivity contribution in [1.29, 1.82) is 0 Å². The van der Waals surface area contributed by atoms with Crippen LogP contribution < -0.4 is 14.8 Å². The van der Waals surface area contributed by atoms with E-state index in [4.69, 9.17) is 21.1 Å². The number of nitrogens with zero attached hydrogens (tertiary/aromatic N) is 1. The minimum Gasteiger partial charge on any atom is -0.493 e. The number of fused-ring (bicyclic) bond motifs is 1. The number of halogens is 1. The average molecular weight is 393 g/mol. The molecule has 134 valence electrons. The molecule has 9 heteroatoms. The Labute approximate surface area is 157 Å². The number of carbonyl (C=O) groups is 1. The predicted molar refractivity (Wildman–Crippen MR) is 101 cm³/mol. The number of rotatable bonds is 5. The summed E-state index contributed by atoms with van der Waals surface area (Å²) in [5.74, 6) is 0.604. The van der Waals surface area contributed by atoms with Crippen molar-refractivity contribution in [2.75, 3.05) is 19.5 Å². The van der Waals surface area contributed by atoms with Crippen molar-refractivity contribution < 1.29 is 19.2 Å². The maximum atomic E-state index is 12.6. The van der Waals surface area contributed by atoms with Crippen molar-refractivity contribution in [2.24, 2.45) is 0 Å². The Morgan fingerprint density at radius 2 is 1.88 bits per heavy atom. The number of anilines is 1. The molecule has 0 bridgehead atoms. The molecule has 0 aliphatic carbocycles.